The standard InChI is InChI=1S/C20H28N4O3/c1-12(2)17-10-15(16-11-21-24(13(3)4)18(16)22-17)20(26)27-14(5)19(25)23-8-6-7-9-23/h10-14H,6-9H2,1-5H3/t14-/m0/s1. The van der Waals surface area contributed by atoms with E-state index >= 15 is 0 Å². The zero-order valence-corrected chi connectivity index (χ0v) is 16.7. The third-order valence-corrected chi connectivity index (χ3v) is 4.94. The van der Waals surface area contributed by atoms with E-state index in [2.05, 4.69) is 5.10 Å². The molecule has 0 saturated carbocycles. The van der Waals surface area contributed by atoms with E-state index in [1.807, 2.05) is 27.7 Å². The zero-order chi connectivity index (χ0) is 19.7. The van der Waals surface area contributed by atoms with Gasteiger partial charge in [-0.2, -0.15) is 5.10 Å². The van der Waals surface area contributed by atoms with Gasteiger partial charge in [-0.1, -0.05) is 13.8 Å². The molecule has 3 heterocycles. The second kappa shape index (κ2) is 7.66. The first-order valence-electron chi connectivity index (χ1n) is 9.67. The number of pyridine rings is 1. The van der Waals surface area contributed by atoms with E-state index in [-0.39, 0.29) is 17.9 Å². The molecule has 2 aromatic heterocycles. The second-order valence-electron chi connectivity index (χ2n) is 7.75. The fourth-order valence-corrected chi connectivity index (χ4v) is 3.35. The van der Waals surface area contributed by atoms with Gasteiger partial charge in [0.2, 0.25) is 0 Å². The smallest absolute Gasteiger partial charge is 0.339 e. The van der Waals surface area contributed by atoms with Crippen molar-refractivity contribution in [3.05, 3.63) is 23.5 Å². The number of aromatic nitrogens is 3. The first-order valence-corrected chi connectivity index (χ1v) is 9.67. The first-order chi connectivity index (χ1) is 12.8. The number of carbonyl (C=O) groups is 2. The molecule has 0 spiro atoms. The van der Waals surface area contributed by atoms with Crippen LogP contribution in [0.5, 0.6) is 0 Å². The molecule has 0 N–H and O–H groups in total. The Morgan fingerprint density at radius 2 is 1.78 bits per heavy atom. The molecule has 0 radical (unpaired) electrons. The lowest BCUT2D eigenvalue weighted by Crippen LogP contribution is -2.38. The predicted octanol–water partition coefficient (Wildman–Crippen LogP) is 3.30. The summed E-state index contributed by atoms with van der Waals surface area (Å²) in [7, 11) is 0. The Kier molecular flexibility index (Phi) is 5.48. The maximum absolute atomic E-state index is 12.9. The minimum Gasteiger partial charge on any atom is -0.449 e. The van der Waals surface area contributed by atoms with Crippen LogP contribution >= 0.6 is 0 Å². The van der Waals surface area contributed by atoms with Crippen LogP contribution in [0.1, 0.15) is 75.5 Å². The molecule has 3 rings (SSSR count). The van der Waals surface area contributed by atoms with E-state index in [1.165, 1.54) is 0 Å². The second-order valence-corrected chi connectivity index (χ2v) is 7.75. The highest BCUT2D eigenvalue weighted by Gasteiger charge is 2.28. The largest absolute Gasteiger partial charge is 0.449 e. The third kappa shape index (κ3) is 3.82. The summed E-state index contributed by atoms with van der Waals surface area (Å²) in [6, 6.07) is 1.88. The van der Waals surface area contributed by atoms with Crippen LogP contribution in [-0.2, 0) is 9.53 Å². The van der Waals surface area contributed by atoms with Gasteiger partial charge >= 0.3 is 5.97 Å². The summed E-state index contributed by atoms with van der Waals surface area (Å²) < 4.78 is 7.33. The number of fused-ring (bicyclic) bond motifs is 1. The van der Waals surface area contributed by atoms with Crippen molar-refractivity contribution in [1.29, 1.82) is 0 Å². The monoisotopic (exact) mass is 372 g/mol. The summed E-state index contributed by atoms with van der Waals surface area (Å²) in [6.07, 6.45) is 2.85. The topological polar surface area (TPSA) is 77.3 Å². The number of likely N-dealkylation sites (tertiary alicyclic amines) is 1. The van der Waals surface area contributed by atoms with Crippen molar-refractivity contribution in [3.8, 4) is 0 Å². The minimum absolute atomic E-state index is 0.122. The summed E-state index contributed by atoms with van der Waals surface area (Å²) in [6.45, 7) is 11.2. The lowest BCUT2D eigenvalue weighted by atomic mass is 10.1. The van der Waals surface area contributed by atoms with E-state index in [9.17, 15) is 9.59 Å². The van der Waals surface area contributed by atoms with Gasteiger partial charge in [-0.25, -0.2) is 14.5 Å². The van der Waals surface area contributed by atoms with Crippen molar-refractivity contribution in [2.75, 3.05) is 13.1 Å². The van der Waals surface area contributed by atoms with Crippen LogP contribution in [0.3, 0.4) is 0 Å². The van der Waals surface area contributed by atoms with Gasteiger partial charge in [-0.05, 0) is 45.6 Å². The molecule has 7 nitrogen and oxygen atoms in total. The number of carbonyl (C=O) groups excluding carboxylic acids is 2. The molecule has 0 unspecified atom stereocenters. The van der Waals surface area contributed by atoms with Crippen molar-refractivity contribution in [2.45, 2.75) is 65.5 Å². The fourth-order valence-electron chi connectivity index (χ4n) is 3.35. The van der Waals surface area contributed by atoms with E-state index in [4.69, 9.17) is 9.72 Å². The molecule has 2 aromatic rings. The van der Waals surface area contributed by atoms with Gasteiger partial charge < -0.3 is 9.64 Å². The summed E-state index contributed by atoms with van der Waals surface area (Å²) in [5.74, 6) is -0.485. The number of rotatable bonds is 5. The SMILES string of the molecule is CC(C)c1cc(C(=O)O[C@@H](C)C(=O)N2CCCC2)c2cnn(C(C)C)c2n1. The lowest BCUT2D eigenvalue weighted by Gasteiger charge is -2.20. The molecular formula is C20H28N4O3. The molecule has 0 bridgehead atoms. The van der Waals surface area contributed by atoms with Crippen molar-refractivity contribution in [1.82, 2.24) is 19.7 Å². The molecule has 146 valence electrons. The molecule has 1 atom stereocenters. The van der Waals surface area contributed by atoms with Gasteiger partial charge in [0.05, 0.1) is 17.1 Å². The van der Waals surface area contributed by atoms with E-state index in [0.29, 0.717) is 16.6 Å². The molecule has 1 aliphatic heterocycles. The van der Waals surface area contributed by atoms with Gasteiger partial charge in [0.25, 0.3) is 5.91 Å². The number of hydrogen-bond donors (Lipinski definition) is 0. The molecule has 27 heavy (non-hydrogen) atoms. The van der Waals surface area contributed by atoms with Crippen molar-refractivity contribution < 1.29 is 14.3 Å². The highest BCUT2D eigenvalue weighted by molar-refractivity contribution is 6.03. The fraction of sp³-hybridized carbons (Fsp3) is 0.600. The minimum atomic E-state index is -0.804. The Morgan fingerprint density at radius 1 is 1.11 bits per heavy atom. The van der Waals surface area contributed by atoms with Crippen LogP contribution in [0.2, 0.25) is 0 Å². The van der Waals surface area contributed by atoms with Gasteiger partial charge in [-0.15, -0.1) is 0 Å². The van der Waals surface area contributed by atoms with Gasteiger partial charge in [0.15, 0.2) is 11.8 Å². The average molecular weight is 372 g/mol. The normalized spacial score (nSPS) is 15.7. The average Bonchev–Trinajstić information content (AvgIpc) is 3.29. The highest BCUT2D eigenvalue weighted by atomic mass is 16.5. The molecule has 0 aliphatic carbocycles. The molecule has 1 amide bonds. The van der Waals surface area contributed by atoms with Crippen molar-refractivity contribution in [3.63, 3.8) is 0 Å². The first kappa shape index (κ1) is 19.3. The van der Waals surface area contributed by atoms with Crippen LogP contribution in [0.15, 0.2) is 12.3 Å². The van der Waals surface area contributed by atoms with Gasteiger partial charge in [-0.3, -0.25) is 4.79 Å². The molecule has 1 aliphatic rings. The quantitative estimate of drug-likeness (QED) is 0.753. The Labute approximate surface area is 159 Å². The Bertz CT molecular complexity index is 850. The molecular weight excluding hydrogens is 344 g/mol. The molecule has 1 fully saturated rings. The maximum atomic E-state index is 12.9. The van der Waals surface area contributed by atoms with Crippen molar-refractivity contribution in [2.24, 2.45) is 0 Å². The summed E-state index contributed by atoms with van der Waals surface area (Å²) in [5, 5.41) is 5.04. The Hall–Kier alpha value is -2.44. The number of nitrogens with zero attached hydrogens (tertiary/aromatic N) is 4. The van der Waals surface area contributed by atoms with Crippen LogP contribution in [-0.4, -0.2) is 50.7 Å². The molecule has 1 saturated heterocycles. The van der Waals surface area contributed by atoms with Crippen molar-refractivity contribution >= 4 is 22.9 Å². The van der Waals surface area contributed by atoms with E-state index < -0.39 is 12.1 Å². The predicted molar refractivity (Wildman–Crippen MR) is 103 cm³/mol. The number of ether oxygens (including phenoxy) is 1. The van der Waals surface area contributed by atoms with Crippen LogP contribution in [0.25, 0.3) is 11.0 Å². The number of esters is 1. The van der Waals surface area contributed by atoms with E-state index in [1.54, 1.807) is 28.8 Å². The number of amides is 1. The van der Waals surface area contributed by atoms with Crippen LogP contribution < -0.4 is 0 Å². The molecule has 7 heteroatoms. The Morgan fingerprint density at radius 3 is 2.37 bits per heavy atom. The Balaban J connectivity index is 1.92. The summed E-state index contributed by atoms with van der Waals surface area (Å²) in [4.78, 5) is 31.8. The summed E-state index contributed by atoms with van der Waals surface area (Å²) >= 11 is 0. The highest BCUT2D eigenvalue weighted by Crippen LogP contribution is 2.25. The van der Waals surface area contributed by atoms with Crippen LogP contribution in [0.4, 0.5) is 0 Å². The summed E-state index contributed by atoms with van der Waals surface area (Å²) in [5.41, 5.74) is 1.88. The maximum Gasteiger partial charge on any atom is 0.339 e. The van der Waals surface area contributed by atoms with E-state index in [0.717, 1.165) is 31.6 Å². The number of hydrogen-bond acceptors (Lipinski definition) is 5. The molecule has 0 aromatic carbocycles. The third-order valence-electron chi connectivity index (χ3n) is 4.94. The lowest BCUT2D eigenvalue weighted by molar-refractivity contribution is -0.138. The van der Waals surface area contributed by atoms with Gasteiger partial charge in [0.1, 0.15) is 0 Å². The van der Waals surface area contributed by atoms with Gasteiger partial charge in [0, 0.05) is 24.8 Å². The zero-order valence-electron chi connectivity index (χ0n) is 16.7. The van der Waals surface area contributed by atoms with Crippen LogP contribution in [0, 0.1) is 0 Å².